The van der Waals surface area contributed by atoms with E-state index >= 15 is 0 Å². The third kappa shape index (κ3) is 8.38. The lowest BCUT2D eigenvalue weighted by Gasteiger charge is -2.10. The molecule has 0 aliphatic carbocycles. The van der Waals surface area contributed by atoms with E-state index in [0.717, 1.165) is 22.7 Å². The molecule has 3 N–H and O–H groups in total. The number of ether oxygens (including phenoxy) is 1. The maximum absolute atomic E-state index is 12.7. The molecule has 0 aliphatic rings. The van der Waals surface area contributed by atoms with E-state index in [-0.39, 0.29) is 17.7 Å². The second-order valence-corrected chi connectivity index (χ2v) is 7.21. The number of anilines is 1. The molecule has 8 nitrogen and oxygen atoms in total. The first kappa shape index (κ1) is 24.9. The van der Waals surface area contributed by atoms with Crippen molar-refractivity contribution < 1.29 is 37.1 Å². The Morgan fingerprint density at radius 3 is 2.25 bits per heavy atom. The summed E-state index contributed by atoms with van der Waals surface area (Å²) in [6.45, 7) is -0.700. The molecule has 0 unspecified atom stereocenters. The van der Waals surface area contributed by atoms with Gasteiger partial charge in [0.05, 0.1) is 12.0 Å². The number of hydrazine groups is 1. The van der Waals surface area contributed by atoms with E-state index in [9.17, 15) is 32.3 Å². The van der Waals surface area contributed by atoms with Gasteiger partial charge in [0.1, 0.15) is 0 Å². The monoisotopic (exact) mass is 515 g/mol. The van der Waals surface area contributed by atoms with Crippen molar-refractivity contribution in [1.29, 1.82) is 0 Å². The first-order chi connectivity index (χ1) is 15.0. The fourth-order valence-corrected chi connectivity index (χ4v) is 2.53. The fourth-order valence-electron chi connectivity index (χ4n) is 2.27. The molecule has 0 spiro atoms. The Morgan fingerprint density at radius 1 is 0.906 bits per heavy atom. The van der Waals surface area contributed by atoms with Crippen LogP contribution in [0.4, 0.5) is 18.9 Å². The van der Waals surface area contributed by atoms with Crippen molar-refractivity contribution in [2.24, 2.45) is 0 Å². The summed E-state index contributed by atoms with van der Waals surface area (Å²) >= 11 is 3.22. The van der Waals surface area contributed by atoms with Crippen LogP contribution in [0, 0.1) is 0 Å². The van der Waals surface area contributed by atoms with Crippen molar-refractivity contribution in [2.45, 2.75) is 19.0 Å². The smallest absolute Gasteiger partial charge is 0.416 e. The molecular weight excluding hydrogens is 499 g/mol. The van der Waals surface area contributed by atoms with E-state index in [1.807, 2.05) is 0 Å². The largest absolute Gasteiger partial charge is 0.455 e. The molecule has 2 aromatic rings. The molecule has 2 rings (SSSR count). The topological polar surface area (TPSA) is 114 Å². The van der Waals surface area contributed by atoms with Crippen LogP contribution in [0.5, 0.6) is 0 Å². The Bertz CT molecular complexity index is 997. The lowest BCUT2D eigenvalue weighted by Crippen LogP contribution is -2.43. The van der Waals surface area contributed by atoms with Gasteiger partial charge in [0.25, 0.3) is 11.8 Å². The highest BCUT2D eigenvalue weighted by Crippen LogP contribution is 2.30. The molecule has 32 heavy (non-hydrogen) atoms. The number of benzene rings is 2. The average Bonchev–Trinajstić information content (AvgIpc) is 2.74. The van der Waals surface area contributed by atoms with Crippen molar-refractivity contribution in [3.8, 4) is 0 Å². The summed E-state index contributed by atoms with van der Waals surface area (Å²) in [7, 11) is 0. The van der Waals surface area contributed by atoms with Crippen LogP contribution >= 0.6 is 15.9 Å². The van der Waals surface area contributed by atoms with Gasteiger partial charge in [-0.1, -0.05) is 22.0 Å². The van der Waals surface area contributed by atoms with Gasteiger partial charge in [0.2, 0.25) is 5.91 Å². The van der Waals surface area contributed by atoms with Gasteiger partial charge in [0.15, 0.2) is 6.61 Å². The van der Waals surface area contributed by atoms with Crippen LogP contribution in [-0.2, 0) is 25.3 Å². The standard InChI is InChI=1S/C20H17BrF3N3O5/c21-14-6-4-12(5-7-14)19(31)27-26-17(29)11-32-18(30)9-8-16(28)25-15-3-1-2-13(10-15)20(22,23)24/h1-7,10H,8-9,11H2,(H,25,28)(H,26,29)(H,27,31). The Labute approximate surface area is 188 Å². The number of alkyl halides is 3. The molecule has 0 aliphatic heterocycles. The molecule has 0 heterocycles. The van der Waals surface area contributed by atoms with E-state index in [2.05, 4.69) is 36.8 Å². The third-order valence-corrected chi connectivity index (χ3v) is 4.34. The Hall–Kier alpha value is -3.41. The number of nitrogens with one attached hydrogen (secondary N) is 3. The number of carbonyl (C=O) groups excluding carboxylic acids is 4. The summed E-state index contributed by atoms with van der Waals surface area (Å²) < 4.78 is 43.5. The predicted octanol–water partition coefficient (Wildman–Crippen LogP) is 3.19. The van der Waals surface area contributed by atoms with E-state index < -0.39 is 48.5 Å². The minimum atomic E-state index is -4.55. The summed E-state index contributed by atoms with van der Waals surface area (Å²) in [5.74, 6) is -2.97. The van der Waals surface area contributed by atoms with Gasteiger partial charge < -0.3 is 10.1 Å². The van der Waals surface area contributed by atoms with Crippen molar-refractivity contribution in [3.63, 3.8) is 0 Å². The van der Waals surface area contributed by atoms with E-state index in [4.69, 9.17) is 0 Å². The third-order valence-electron chi connectivity index (χ3n) is 3.82. The number of halogens is 4. The second kappa shape index (κ2) is 11.3. The number of amides is 3. The van der Waals surface area contributed by atoms with E-state index in [0.29, 0.717) is 0 Å². The molecule has 0 saturated carbocycles. The Balaban J connectivity index is 1.68. The highest BCUT2D eigenvalue weighted by Gasteiger charge is 2.30. The van der Waals surface area contributed by atoms with Crippen LogP contribution in [-0.4, -0.2) is 30.3 Å². The maximum atomic E-state index is 12.7. The molecule has 3 amide bonds. The van der Waals surface area contributed by atoms with Crippen LogP contribution in [0.25, 0.3) is 0 Å². The van der Waals surface area contributed by atoms with Gasteiger partial charge in [-0.15, -0.1) is 0 Å². The molecule has 0 fully saturated rings. The maximum Gasteiger partial charge on any atom is 0.416 e. The SMILES string of the molecule is O=C(COC(=O)CCC(=O)Nc1cccc(C(F)(F)F)c1)NNC(=O)c1ccc(Br)cc1. The number of rotatable bonds is 7. The van der Waals surface area contributed by atoms with Crippen LogP contribution in [0.1, 0.15) is 28.8 Å². The molecule has 0 saturated heterocycles. The van der Waals surface area contributed by atoms with E-state index in [1.165, 1.54) is 18.2 Å². The van der Waals surface area contributed by atoms with Crippen molar-refractivity contribution in [1.82, 2.24) is 10.9 Å². The number of carbonyl (C=O) groups is 4. The van der Waals surface area contributed by atoms with Crippen LogP contribution in [0.15, 0.2) is 53.0 Å². The molecule has 12 heteroatoms. The lowest BCUT2D eigenvalue weighted by molar-refractivity contribution is -0.149. The lowest BCUT2D eigenvalue weighted by atomic mass is 10.2. The number of hydrogen-bond acceptors (Lipinski definition) is 5. The van der Waals surface area contributed by atoms with Crippen LogP contribution in [0.2, 0.25) is 0 Å². The molecule has 0 bridgehead atoms. The molecule has 0 radical (unpaired) electrons. The van der Waals surface area contributed by atoms with Gasteiger partial charge in [-0.05, 0) is 42.5 Å². The number of hydrogen-bond donors (Lipinski definition) is 3. The molecule has 0 atom stereocenters. The molecule has 170 valence electrons. The quantitative estimate of drug-likeness (QED) is 0.387. The van der Waals surface area contributed by atoms with Crippen molar-refractivity contribution >= 4 is 45.3 Å². The highest BCUT2D eigenvalue weighted by molar-refractivity contribution is 9.10. The first-order valence-corrected chi connectivity index (χ1v) is 9.81. The minimum Gasteiger partial charge on any atom is -0.455 e. The van der Waals surface area contributed by atoms with Gasteiger partial charge in [0, 0.05) is 22.1 Å². The molecule has 2 aromatic carbocycles. The first-order valence-electron chi connectivity index (χ1n) is 9.02. The number of esters is 1. The van der Waals surface area contributed by atoms with E-state index in [1.54, 1.807) is 12.1 Å². The van der Waals surface area contributed by atoms with Crippen LogP contribution in [0.3, 0.4) is 0 Å². The minimum absolute atomic E-state index is 0.0703. The molecule has 0 aromatic heterocycles. The fraction of sp³-hybridized carbons (Fsp3) is 0.200. The Kier molecular flexibility index (Phi) is 8.76. The van der Waals surface area contributed by atoms with Gasteiger partial charge in [-0.25, -0.2) is 0 Å². The van der Waals surface area contributed by atoms with Crippen LogP contribution < -0.4 is 16.2 Å². The normalized spacial score (nSPS) is 10.8. The van der Waals surface area contributed by atoms with Gasteiger partial charge >= 0.3 is 12.1 Å². The zero-order valence-corrected chi connectivity index (χ0v) is 17.9. The van der Waals surface area contributed by atoms with Gasteiger partial charge in [-0.2, -0.15) is 13.2 Å². The zero-order valence-electron chi connectivity index (χ0n) is 16.3. The van der Waals surface area contributed by atoms with Crippen molar-refractivity contribution in [2.75, 3.05) is 11.9 Å². The van der Waals surface area contributed by atoms with Gasteiger partial charge in [-0.3, -0.25) is 30.0 Å². The van der Waals surface area contributed by atoms with Crippen molar-refractivity contribution in [3.05, 3.63) is 64.1 Å². The highest BCUT2D eigenvalue weighted by atomic mass is 79.9. The summed E-state index contributed by atoms with van der Waals surface area (Å²) in [4.78, 5) is 47.0. The Morgan fingerprint density at radius 2 is 1.59 bits per heavy atom. The summed E-state index contributed by atoms with van der Waals surface area (Å²) in [6.07, 6.45) is -5.32. The summed E-state index contributed by atoms with van der Waals surface area (Å²) in [6, 6.07) is 10.4. The second-order valence-electron chi connectivity index (χ2n) is 6.30. The zero-order chi connectivity index (χ0) is 23.7. The summed E-state index contributed by atoms with van der Waals surface area (Å²) in [5.41, 5.74) is 3.51. The molecular formula is C20H17BrF3N3O5. The predicted molar refractivity (Wildman–Crippen MR) is 110 cm³/mol. The summed E-state index contributed by atoms with van der Waals surface area (Å²) in [5, 5.41) is 2.25. The average molecular weight is 516 g/mol.